The van der Waals surface area contributed by atoms with Crippen molar-refractivity contribution in [1.29, 1.82) is 0 Å². The normalized spacial score (nSPS) is 38.3. The number of halogens is 1. The van der Waals surface area contributed by atoms with Crippen LogP contribution in [0.3, 0.4) is 0 Å². The second kappa shape index (κ2) is 9.92. The second-order valence-corrected chi connectivity index (χ2v) is 10.2. The van der Waals surface area contributed by atoms with Gasteiger partial charge >= 0.3 is 5.97 Å². The molecule has 1 aromatic heterocycles. The number of carboxylic acid groups (broad SMARTS) is 1. The number of nitrogens with zero attached hydrogens (tertiary/aromatic N) is 1. The Kier molecular flexibility index (Phi) is 7.23. The average molecular weight is 454 g/mol. The van der Waals surface area contributed by atoms with Crippen molar-refractivity contribution < 1.29 is 23.8 Å². The summed E-state index contributed by atoms with van der Waals surface area (Å²) in [4.78, 5) is 28.3. The van der Waals surface area contributed by atoms with Gasteiger partial charge in [0, 0.05) is 31.1 Å². The molecule has 0 bridgehead atoms. The molecule has 3 fully saturated rings. The van der Waals surface area contributed by atoms with Gasteiger partial charge in [-0.25, -0.2) is 9.37 Å². The lowest BCUT2D eigenvalue weighted by Gasteiger charge is -2.50. The maximum atomic E-state index is 14.2. The van der Waals surface area contributed by atoms with Gasteiger partial charge in [-0.15, -0.1) is 11.3 Å². The van der Waals surface area contributed by atoms with Gasteiger partial charge in [0.05, 0.1) is 12.0 Å². The molecule has 7 nitrogen and oxygen atoms in total. The zero-order valence-corrected chi connectivity index (χ0v) is 18.7. The Morgan fingerprint density at radius 2 is 2.06 bits per heavy atom. The first-order valence-corrected chi connectivity index (χ1v) is 12.2. The molecule has 0 radical (unpaired) electrons. The maximum absolute atomic E-state index is 14.2. The molecule has 2 saturated carbocycles. The SMILES string of the molecule is COC1CC2CCN[C@H](CC(=O)Nc3nccs3)C2CC1C1CCC(F)C(C(=O)O)C1. The summed E-state index contributed by atoms with van der Waals surface area (Å²) in [5, 5.41) is 18.3. The first-order chi connectivity index (χ1) is 15.0. The van der Waals surface area contributed by atoms with Crippen LogP contribution in [0, 0.1) is 29.6 Å². The Morgan fingerprint density at radius 1 is 1.26 bits per heavy atom. The summed E-state index contributed by atoms with van der Waals surface area (Å²) in [5.74, 6) is -0.834. The van der Waals surface area contributed by atoms with Gasteiger partial charge in [0.1, 0.15) is 6.17 Å². The number of amides is 1. The molecule has 1 aromatic rings. The predicted octanol–water partition coefficient (Wildman–Crippen LogP) is 3.33. The van der Waals surface area contributed by atoms with Gasteiger partial charge in [0.25, 0.3) is 0 Å². The fraction of sp³-hybridized carbons (Fsp3) is 0.773. The molecule has 0 aromatic carbocycles. The molecule has 31 heavy (non-hydrogen) atoms. The molecule has 2 heterocycles. The van der Waals surface area contributed by atoms with E-state index in [9.17, 15) is 19.1 Å². The van der Waals surface area contributed by atoms with Crippen LogP contribution in [0.1, 0.15) is 44.9 Å². The topological polar surface area (TPSA) is 101 Å². The van der Waals surface area contributed by atoms with Crippen LogP contribution in [0.5, 0.6) is 0 Å². The number of alkyl halides is 1. The van der Waals surface area contributed by atoms with Gasteiger partial charge in [-0.2, -0.15) is 0 Å². The van der Waals surface area contributed by atoms with Gasteiger partial charge in [0.2, 0.25) is 5.91 Å². The number of carbonyl (C=O) groups is 2. The van der Waals surface area contributed by atoms with E-state index < -0.39 is 18.1 Å². The highest BCUT2D eigenvalue weighted by Crippen LogP contribution is 2.48. The fourth-order valence-electron chi connectivity index (χ4n) is 6.19. The molecule has 1 aliphatic heterocycles. The summed E-state index contributed by atoms with van der Waals surface area (Å²) in [6.07, 6.45) is 5.12. The highest BCUT2D eigenvalue weighted by Gasteiger charge is 2.47. The molecule has 1 saturated heterocycles. The standard InChI is InChI=1S/C22H32FN3O4S/c1-30-19-9-13-4-5-24-18(11-20(27)26-22-25-6-7-31-22)14(13)10-15(19)12-2-3-17(23)16(8-12)21(28)29/h6-7,12-19,24H,2-5,8-11H2,1H3,(H,28,29)(H,25,26,27)/t12?,13?,14?,15?,16?,17?,18-,19?/m1/s1. The largest absolute Gasteiger partial charge is 0.481 e. The monoisotopic (exact) mass is 453 g/mol. The highest BCUT2D eigenvalue weighted by atomic mass is 32.1. The number of aliphatic carboxylic acids is 1. The van der Waals surface area contributed by atoms with E-state index in [1.165, 1.54) is 11.3 Å². The summed E-state index contributed by atoms with van der Waals surface area (Å²) in [7, 11) is 1.73. The Hall–Kier alpha value is -1.58. The minimum Gasteiger partial charge on any atom is -0.481 e. The molecule has 4 rings (SSSR count). The van der Waals surface area contributed by atoms with E-state index in [0.29, 0.717) is 42.7 Å². The van der Waals surface area contributed by atoms with E-state index in [-0.39, 0.29) is 29.9 Å². The first kappa shape index (κ1) is 22.6. The van der Waals surface area contributed by atoms with E-state index in [1.54, 1.807) is 13.3 Å². The number of carboxylic acids is 1. The van der Waals surface area contributed by atoms with Gasteiger partial charge in [-0.05, 0) is 68.7 Å². The Balaban J connectivity index is 1.45. The summed E-state index contributed by atoms with van der Waals surface area (Å²) >= 11 is 1.40. The second-order valence-electron chi connectivity index (χ2n) is 9.31. The van der Waals surface area contributed by atoms with Crippen molar-refractivity contribution >= 4 is 28.3 Å². The van der Waals surface area contributed by atoms with Crippen molar-refractivity contribution in [3.05, 3.63) is 11.6 Å². The number of rotatable bonds is 6. The summed E-state index contributed by atoms with van der Waals surface area (Å²) in [5.41, 5.74) is 0. The first-order valence-electron chi connectivity index (χ1n) is 11.3. The number of piperidine rings is 1. The molecule has 3 aliphatic rings. The minimum atomic E-state index is -1.26. The predicted molar refractivity (Wildman–Crippen MR) is 116 cm³/mol. The van der Waals surface area contributed by atoms with Crippen molar-refractivity contribution in [3.63, 3.8) is 0 Å². The lowest BCUT2D eigenvalue weighted by Crippen LogP contribution is -2.54. The summed E-state index contributed by atoms with van der Waals surface area (Å²) in [6.45, 7) is 0.880. The molecule has 0 spiro atoms. The van der Waals surface area contributed by atoms with E-state index in [1.807, 2.05) is 5.38 Å². The number of fused-ring (bicyclic) bond motifs is 1. The number of hydrogen-bond donors (Lipinski definition) is 3. The molecule has 1 amide bonds. The number of hydrogen-bond acceptors (Lipinski definition) is 6. The number of anilines is 1. The molecule has 172 valence electrons. The van der Waals surface area contributed by atoms with Crippen LogP contribution in [-0.2, 0) is 14.3 Å². The van der Waals surface area contributed by atoms with Crippen molar-refractivity contribution in [1.82, 2.24) is 10.3 Å². The Morgan fingerprint density at radius 3 is 2.77 bits per heavy atom. The number of ether oxygens (including phenoxy) is 1. The molecule has 8 atom stereocenters. The van der Waals surface area contributed by atoms with E-state index >= 15 is 0 Å². The van der Waals surface area contributed by atoms with Crippen molar-refractivity contribution in [2.24, 2.45) is 29.6 Å². The Labute approximate surface area is 186 Å². The third kappa shape index (κ3) is 5.09. The third-order valence-corrected chi connectivity index (χ3v) is 8.41. The number of methoxy groups -OCH3 is 1. The van der Waals surface area contributed by atoms with Crippen LogP contribution in [-0.4, -0.2) is 53.9 Å². The van der Waals surface area contributed by atoms with Crippen molar-refractivity contribution in [2.75, 3.05) is 19.0 Å². The highest BCUT2D eigenvalue weighted by molar-refractivity contribution is 7.13. The third-order valence-electron chi connectivity index (χ3n) is 7.72. The van der Waals surface area contributed by atoms with Crippen LogP contribution in [0.2, 0.25) is 0 Å². The smallest absolute Gasteiger partial charge is 0.309 e. The van der Waals surface area contributed by atoms with Crippen LogP contribution < -0.4 is 10.6 Å². The van der Waals surface area contributed by atoms with Crippen LogP contribution in [0.4, 0.5) is 9.52 Å². The summed E-state index contributed by atoms with van der Waals surface area (Å²) < 4.78 is 20.0. The van der Waals surface area contributed by atoms with Gasteiger partial charge in [-0.1, -0.05) is 0 Å². The number of aromatic nitrogens is 1. The zero-order valence-electron chi connectivity index (χ0n) is 17.8. The van der Waals surface area contributed by atoms with Crippen LogP contribution in [0.15, 0.2) is 11.6 Å². The molecule has 7 unspecified atom stereocenters. The van der Waals surface area contributed by atoms with Gasteiger partial charge in [0.15, 0.2) is 5.13 Å². The van der Waals surface area contributed by atoms with Crippen molar-refractivity contribution in [3.8, 4) is 0 Å². The van der Waals surface area contributed by atoms with Crippen LogP contribution >= 0.6 is 11.3 Å². The van der Waals surface area contributed by atoms with Crippen molar-refractivity contribution in [2.45, 2.75) is 63.3 Å². The fourth-order valence-corrected chi connectivity index (χ4v) is 6.74. The maximum Gasteiger partial charge on any atom is 0.309 e. The van der Waals surface area contributed by atoms with Gasteiger partial charge < -0.3 is 20.5 Å². The Bertz CT molecular complexity index is 764. The average Bonchev–Trinajstić information content (AvgIpc) is 3.26. The number of nitrogens with one attached hydrogen (secondary N) is 2. The summed E-state index contributed by atoms with van der Waals surface area (Å²) in [6, 6.07) is 0.0757. The van der Waals surface area contributed by atoms with E-state index in [4.69, 9.17) is 4.74 Å². The molecular weight excluding hydrogens is 421 g/mol. The number of carbonyl (C=O) groups excluding carboxylic acids is 1. The zero-order chi connectivity index (χ0) is 22.0. The van der Waals surface area contributed by atoms with Crippen LogP contribution in [0.25, 0.3) is 0 Å². The quantitative estimate of drug-likeness (QED) is 0.611. The molecule has 2 aliphatic carbocycles. The number of thiazole rings is 1. The van der Waals surface area contributed by atoms with E-state index in [2.05, 4.69) is 15.6 Å². The van der Waals surface area contributed by atoms with E-state index in [0.717, 1.165) is 25.8 Å². The minimum absolute atomic E-state index is 0.0395. The molecule has 9 heteroatoms. The lowest BCUT2D eigenvalue weighted by atomic mass is 9.60. The van der Waals surface area contributed by atoms with Gasteiger partial charge in [-0.3, -0.25) is 9.59 Å². The molecular formula is C22H32FN3O4S. The molecule has 3 N–H and O–H groups in total. The lowest BCUT2D eigenvalue weighted by molar-refractivity contribution is -0.148.